The van der Waals surface area contributed by atoms with E-state index in [-0.39, 0.29) is 23.9 Å². The molecule has 3 aromatic rings. The summed E-state index contributed by atoms with van der Waals surface area (Å²) in [5, 5.41) is 24.7. The highest BCUT2D eigenvalue weighted by atomic mass is 19.1. The summed E-state index contributed by atoms with van der Waals surface area (Å²) >= 11 is 0. The summed E-state index contributed by atoms with van der Waals surface area (Å²) < 4.78 is 19.0. The van der Waals surface area contributed by atoms with Gasteiger partial charge in [0.25, 0.3) is 0 Å². The molecule has 1 saturated carbocycles. The fourth-order valence-corrected chi connectivity index (χ4v) is 6.45. The van der Waals surface area contributed by atoms with Crippen LogP contribution < -0.4 is 25.2 Å². The largest absolute Gasteiger partial charge is 0.480 e. The molecule has 2 aliphatic heterocycles. The predicted molar refractivity (Wildman–Crippen MR) is 148 cm³/mol. The predicted octanol–water partition coefficient (Wildman–Crippen LogP) is 3.57. The summed E-state index contributed by atoms with van der Waals surface area (Å²) in [6, 6.07) is 8.71. The maximum absolute atomic E-state index is 13.7. The molecule has 0 spiro atoms. The highest BCUT2D eigenvalue weighted by Crippen LogP contribution is 2.47. The number of benzene rings is 1. The molecule has 1 unspecified atom stereocenters. The molecule has 2 fully saturated rings. The van der Waals surface area contributed by atoms with Crippen molar-refractivity contribution in [3.05, 3.63) is 47.9 Å². The van der Waals surface area contributed by atoms with Crippen molar-refractivity contribution in [2.75, 3.05) is 60.3 Å². The van der Waals surface area contributed by atoms with E-state index in [1.165, 1.54) is 12.1 Å². The fourth-order valence-electron chi connectivity index (χ4n) is 6.45. The van der Waals surface area contributed by atoms with Crippen LogP contribution in [0.15, 0.2) is 36.5 Å². The minimum Gasteiger partial charge on any atom is -0.480 e. The molecular weight excluding hydrogens is 499 g/mol. The Morgan fingerprint density at radius 2 is 1.85 bits per heavy atom. The number of halogens is 1. The van der Waals surface area contributed by atoms with Gasteiger partial charge >= 0.3 is 0 Å². The summed E-state index contributed by atoms with van der Waals surface area (Å²) in [6.45, 7) is 7.21. The number of aliphatic hydroxyl groups excluding tert-OH is 1. The van der Waals surface area contributed by atoms with Crippen LogP contribution in [0.4, 0.5) is 33.3 Å². The van der Waals surface area contributed by atoms with E-state index >= 15 is 0 Å². The lowest BCUT2D eigenvalue weighted by molar-refractivity contribution is 0.311. The summed E-state index contributed by atoms with van der Waals surface area (Å²) in [5.74, 6) is 3.21. The van der Waals surface area contributed by atoms with Crippen molar-refractivity contribution in [3.8, 4) is 5.88 Å². The minimum absolute atomic E-state index is 0.000892. The quantitative estimate of drug-likeness (QED) is 0.397. The van der Waals surface area contributed by atoms with Gasteiger partial charge in [0.05, 0.1) is 25.6 Å². The fraction of sp³-hybridized carbons (Fsp3) is 0.500. The SMILES string of the molecule is COc1cc(N2C[C@H]3CC[C@@H](C2)C3Nc2nc(NCCO)c3c(n2)N(c2ccc(F)cc2)CC3(C)C)cnn1. The number of nitrogens with zero attached hydrogens (tertiary/aromatic N) is 6. The van der Waals surface area contributed by atoms with Crippen LogP contribution in [0.1, 0.15) is 32.3 Å². The molecule has 206 valence electrons. The lowest BCUT2D eigenvalue weighted by Gasteiger charge is -2.39. The monoisotopic (exact) mass is 534 g/mol. The van der Waals surface area contributed by atoms with Gasteiger partial charge in [0.15, 0.2) is 0 Å². The Morgan fingerprint density at radius 1 is 1.10 bits per heavy atom. The molecule has 1 aromatic carbocycles. The van der Waals surface area contributed by atoms with Gasteiger partial charge in [-0.3, -0.25) is 0 Å². The molecule has 10 nitrogen and oxygen atoms in total. The Bertz CT molecular complexity index is 1320. The summed E-state index contributed by atoms with van der Waals surface area (Å²) in [7, 11) is 1.60. The number of piperidine rings is 1. The van der Waals surface area contributed by atoms with Crippen LogP contribution in [0, 0.1) is 17.7 Å². The first kappa shape index (κ1) is 25.5. The lowest BCUT2D eigenvalue weighted by atomic mass is 9.88. The molecule has 3 aliphatic rings. The number of anilines is 5. The number of hydrogen-bond donors (Lipinski definition) is 3. The van der Waals surface area contributed by atoms with Crippen LogP contribution in [0.2, 0.25) is 0 Å². The second-order valence-electron chi connectivity index (χ2n) is 11.3. The number of rotatable bonds is 8. The van der Waals surface area contributed by atoms with E-state index < -0.39 is 0 Å². The van der Waals surface area contributed by atoms with Crippen LogP contribution in [0.25, 0.3) is 0 Å². The maximum Gasteiger partial charge on any atom is 0.235 e. The Hall–Kier alpha value is -3.73. The van der Waals surface area contributed by atoms with E-state index in [0.717, 1.165) is 54.5 Å². The number of aromatic nitrogens is 4. The Kier molecular flexibility index (Phi) is 6.62. The third-order valence-corrected chi connectivity index (χ3v) is 8.24. The van der Waals surface area contributed by atoms with Crippen molar-refractivity contribution in [1.29, 1.82) is 0 Å². The van der Waals surface area contributed by atoms with Crippen molar-refractivity contribution < 1.29 is 14.2 Å². The van der Waals surface area contributed by atoms with Gasteiger partial charge in [-0.2, -0.15) is 15.1 Å². The van der Waals surface area contributed by atoms with Crippen LogP contribution in [0.5, 0.6) is 5.88 Å². The van der Waals surface area contributed by atoms with Crippen molar-refractivity contribution in [3.63, 3.8) is 0 Å². The molecule has 2 bridgehead atoms. The average molecular weight is 535 g/mol. The molecule has 4 heterocycles. The standard InChI is InChI=1S/C28H35FN8O2/c1-28(2)16-37(20-8-6-19(29)7-9-20)26-23(28)25(30-10-11-38)33-27(34-26)32-24-17-4-5-18(24)15-36(14-17)21-12-22(39-3)35-31-13-21/h6-9,12-13,17-18,24,38H,4-5,10-11,14-16H2,1-3H3,(H2,30,32,33,34)/t17-,18+,24?. The van der Waals surface area contributed by atoms with Gasteiger partial charge < -0.3 is 30.3 Å². The average Bonchev–Trinajstić information content (AvgIpc) is 3.33. The molecule has 0 radical (unpaired) electrons. The zero-order valence-electron chi connectivity index (χ0n) is 22.6. The number of ether oxygens (including phenoxy) is 1. The van der Waals surface area contributed by atoms with Gasteiger partial charge in [-0.05, 0) is 48.9 Å². The van der Waals surface area contributed by atoms with Crippen molar-refractivity contribution >= 4 is 29.0 Å². The first-order valence-electron chi connectivity index (χ1n) is 13.5. The van der Waals surface area contributed by atoms with Gasteiger partial charge in [0, 0.05) is 55.0 Å². The highest BCUT2D eigenvalue weighted by molar-refractivity contribution is 5.75. The van der Waals surface area contributed by atoms with E-state index in [2.05, 4.69) is 44.5 Å². The van der Waals surface area contributed by atoms with E-state index in [9.17, 15) is 9.50 Å². The molecule has 6 rings (SSSR count). The smallest absolute Gasteiger partial charge is 0.235 e. The third kappa shape index (κ3) is 4.80. The Balaban J connectivity index is 1.30. The van der Waals surface area contributed by atoms with E-state index in [1.807, 2.05) is 6.07 Å². The van der Waals surface area contributed by atoms with Crippen molar-refractivity contribution in [2.24, 2.45) is 11.8 Å². The zero-order valence-corrected chi connectivity index (χ0v) is 22.6. The normalized spacial score (nSPS) is 23.1. The molecule has 2 aromatic heterocycles. The lowest BCUT2D eigenvalue weighted by Crippen LogP contribution is -2.48. The summed E-state index contributed by atoms with van der Waals surface area (Å²) in [4.78, 5) is 14.5. The molecular formula is C28H35FN8O2. The number of methoxy groups -OCH3 is 1. The molecule has 0 amide bonds. The first-order chi connectivity index (χ1) is 18.9. The van der Waals surface area contributed by atoms with Crippen LogP contribution in [0.3, 0.4) is 0 Å². The first-order valence-corrected chi connectivity index (χ1v) is 13.5. The second-order valence-corrected chi connectivity index (χ2v) is 11.3. The molecule has 1 saturated heterocycles. The summed E-state index contributed by atoms with van der Waals surface area (Å²) in [5.41, 5.74) is 2.67. The van der Waals surface area contributed by atoms with Gasteiger partial charge in [-0.15, -0.1) is 5.10 Å². The van der Waals surface area contributed by atoms with Crippen molar-refractivity contribution in [1.82, 2.24) is 20.2 Å². The Morgan fingerprint density at radius 3 is 2.54 bits per heavy atom. The van der Waals surface area contributed by atoms with Crippen LogP contribution in [-0.4, -0.2) is 71.2 Å². The second kappa shape index (κ2) is 10.1. The number of hydrogen-bond acceptors (Lipinski definition) is 10. The molecule has 39 heavy (non-hydrogen) atoms. The molecule has 1 aliphatic carbocycles. The Labute approximate surface area is 227 Å². The van der Waals surface area contributed by atoms with Gasteiger partial charge in [-0.25, -0.2) is 4.39 Å². The van der Waals surface area contributed by atoms with E-state index in [4.69, 9.17) is 14.7 Å². The van der Waals surface area contributed by atoms with Gasteiger partial charge in [-0.1, -0.05) is 13.8 Å². The number of nitrogens with one attached hydrogen (secondary N) is 2. The maximum atomic E-state index is 13.7. The third-order valence-electron chi connectivity index (χ3n) is 8.24. The summed E-state index contributed by atoms with van der Waals surface area (Å²) in [6.07, 6.45) is 4.05. The molecule has 11 heteroatoms. The van der Waals surface area contributed by atoms with Gasteiger partial charge in [0.2, 0.25) is 11.8 Å². The zero-order chi connectivity index (χ0) is 27.1. The minimum atomic E-state index is -0.268. The van der Waals surface area contributed by atoms with E-state index in [1.54, 1.807) is 25.4 Å². The topological polar surface area (TPSA) is 112 Å². The van der Waals surface area contributed by atoms with E-state index in [0.29, 0.717) is 36.8 Å². The highest BCUT2D eigenvalue weighted by Gasteiger charge is 2.44. The number of aliphatic hydroxyl groups is 1. The van der Waals surface area contributed by atoms with Crippen LogP contribution in [-0.2, 0) is 5.41 Å². The van der Waals surface area contributed by atoms with Crippen LogP contribution >= 0.6 is 0 Å². The molecule has 3 N–H and O–H groups in total. The van der Waals surface area contributed by atoms with Gasteiger partial charge in [0.1, 0.15) is 17.5 Å². The number of fused-ring (bicyclic) bond motifs is 3. The molecule has 3 atom stereocenters. The van der Waals surface area contributed by atoms with Crippen molar-refractivity contribution in [2.45, 2.75) is 38.1 Å².